The summed E-state index contributed by atoms with van der Waals surface area (Å²) >= 11 is 1.68. The summed E-state index contributed by atoms with van der Waals surface area (Å²) in [5.74, 6) is 1.94. The molecule has 0 spiro atoms. The fraction of sp³-hybridized carbons (Fsp3) is 0.222. The highest BCUT2D eigenvalue weighted by Gasteiger charge is 2.15. The third kappa shape index (κ3) is 7.05. The van der Waals surface area contributed by atoms with Crippen LogP contribution in [0.25, 0.3) is 5.57 Å². The van der Waals surface area contributed by atoms with Crippen LogP contribution < -0.4 is 14.2 Å². The summed E-state index contributed by atoms with van der Waals surface area (Å²) in [7, 11) is 0. The Kier molecular flexibility index (Phi) is 9.27. The quantitative estimate of drug-likeness (QED) is 0.323. The number of carbonyl (C=O) groups is 1. The van der Waals surface area contributed by atoms with E-state index in [1.165, 1.54) is 0 Å². The number of hydrogen-bond donors (Lipinski definition) is 1. The van der Waals surface area contributed by atoms with E-state index in [9.17, 15) is 4.79 Å². The summed E-state index contributed by atoms with van der Waals surface area (Å²) in [4.78, 5) is 11.7. The molecule has 0 aliphatic heterocycles. The van der Waals surface area contributed by atoms with Gasteiger partial charge >= 0.3 is 5.97 Å². The Bertz CT molecular complexity index is 1020. The van der Waals surface area contributed by atoms with Crippen LogP contribution in [0.2, 0.25) is 0 Å². The Morgan fingerprint density at radius 1 is 0.818 bits per heavy atom. The molecule has 0 bridgehead atoms. The van der Waals surface area contributed by atoms with E-state index in [1.807, 2.05) is 62.4 Å². The molecule has 6 heteroatoms. The molecule has 0 radical (unpaired) electrons. The molecule has 0 unspecified atom stereocenters. The van der Waals surface area contributed by atoms with Crippen LogP contribution in [0.15, 0.2) is 83.8 Å². The molecule has 3 aromatic rings. The van der Waals surface area contributed by atoms with Gasteiger partial charge in [-0.15, -0.1) is 11.8 Å². The van der Waals surface area contributed by atoms with Gasteiger partial charge in [0.1, 0.15) is 17.2 Å². The van der Waals surface area contributed by atoms with Crippen molar-refractivity contribution in [2.45, 2.75) is 18.7 Å². The normalized spacial score (nSPS) is 10.4. The fourth-order valence-corrected chi connectivity index (χ4v) is 4.08. The fourth-order valence-electron chi connectivity index (χ4n) is 3.30. The molecule has 0 saturated carbocycles. The molecule has 0 aliphatic carbocycles. The van der Waals surface area contributed by atoms with Gasteiger partial charge in [0.25, 0.3) is 0 Å². The number of carboxylic acids is 1. The summed E-state index contributed by atoms with van der Waals surface area (Å²) in [5.41, 5.74) is 3.09. The molecule has 0 amide bonds. The third-order valence-electron chi connectivity index (χ3n) is 4.68. The molecule has 1 N–H and O–H groups in total. The zero-order valence-corrected chi connectivity index (χ0v) is 19.6. The Balaban J connectivity index is 1.87. The molecule has 0 aromatic heterocycles. The Morgan fingerprint density at radius 3 is 1.88 bits per heavy atom. The van der Waals surface area contributed by atoms with Gasteiger partial charge in [0.05, 0.1) is 13.2 Å². The maximum absolute atomic E-state index is 10.7. The van der Waals surface area contributed by atoms with E-state index in [4.69, 9.17) is 19.3 Å². The van der Waals surface area contributed by atoms with Crippen molar-refractivity contribution in [3.63, 3.8) is 0 Å². The first-order valence-electron chi connectivity index (χ1n) is 10.8. The molecule has 5 nitrogen and oxygen atoms in total. The molecule has 3 rings (SSSR count). The van der Waals surface area contributed by atoms with Gasteiger partial charge in [0.15, 0.2) is 6.61 Å². The predicted molar refractivity (Wildman–Crippen MR) is 133 cm³/mol. The van der Waals surface area contributed by atoms with E-state index in [2.05, 4.69) is 18.2 Å². The van der Waals surface area contributed by atoms with E-state index in [0.29, 0.717) is 19.0 Å². The summed E-state index contributed by atoms with van der Waals surface area (Å²) < 4.78 is 17.0. The molecular weight excluding hydrogens is 436 g/mol. The number of ether oxygens (including phenoxy) is 3. The second-order valence-corrected chi connectivity index (χ2v) is 8.03. The van der Waals surface area contributed by atoms with E-state index in [-0.39, 0.29) is 6.61 Å². The SMILES string of the molecule is CCOc1ccccc1C(=CCSc1ccc(OCC(=O)O)cc1)c1ccccc1OCC. The minimum absolute atomic E-state index is 0.350. The molecular formula is C27H28O5S. The molecule has 172 valence electrons. The van der Waals surface area contributed by atoms with Gasteiger partial charge in [0, 0.05) is 21.8 Å². The van der Waals surface area contributed by atoms with E-state index in [1.54, 1.807) is 23.9 Å². The van der Waals surface area contributed by atoms with Crippen LogP contribution in [-0.4, -0.2) is 36.6 Å². The monoisotopic (exact) mass is 464 g/mol. The smallest absolute Gasteiger partial charge is 0.341 e. The van der Waals surface area contributed by atoms with Crippen molar-refractivity contribution in [1.29, 1.82) is 0 Å². The highest BCUT2D eigenvalue weighted by Crippen LogP contribution is 2.36. The number of benzene rings is 3. The first kappa shape index (κ1) is 24.3. The molecule has 0 aliphatic rings. The second-order valence-electron chi connectivity index (χ2n) is 6.94. The number of thioether (sulfide) groups is 1. The Hall–Kier alpha value is -3.38. The van der Waals surface area contributed by atoms with Crippen molar-refractivity contribution in [3.8, 4) is 17.2 Å². The Morgan fingerprint density at radius 2 is 1.36 bits per heavy atom. The van der Waals surface area contributed by atoms with Crippen LogP contribution in [0.5, 0.6) is 17.2 Å². The lowest BCUT2D eigenvalue weighted by molar-refractivity contribution is -0.139. The van der Waals surface area contributed by atoms with Crippen LogP contribution in [-0.2, 0) is 4.79 Å². The van der Waals surface area contributed by atoms with Crippen LogP contribution in [0.3, 0.4) is 0 Å². The Labute approximate surface area is 199 Å². The van der Waals surface area contributed by atoms with Gasteiger partial charge < -0.3 is 19.3 Å². The van der Waals surface area contributed by atoms with Gasteiger partial charge in [0.2, 0.25) is 0 Å². The lowest BCUT2D eigenvalue weighted by Crippen LogP contribution is -2.09. The third-order valence-corrected chi connectivity index (χ3v) is 5.62. The maximum Gasteiger partial charge on any atom is 0.341 e. The summed E-state index contributed by atoms with van der Waals surface area (Å²) in [6, 6.07) is 23.5. The van der Waals surface area contributed by atoms with Gasteiger partial charge in [-0.25, -0.2) is 4.79 Å². The van der Waals surface area contributed by atoms with Gasteiger partial charge in [-0.05, 0) is 55.8 Å². The van der Waals surface area contributed by atoms with Crippen molar-refractivity contribution >= 4 is 23.3 Å². The first-order chi connectivity index (χ1) is 16.1. The minimum Gasteiger partial charge on any atom is -0.493 e. The van der Waals surface area contributed by atoms with Crippen molar-refractivity contribution in [3.05, 3.63) is 90.0 Å². The van der Waals surface area contributed by atoms with E-state index >= 15 is 0 Å². The topological polar surface area (TPSA) is 65.0 Å². The number of carboxylic acid groups (broad SMARTS) is 1. The molecule has 0 heterocycles. The molecule has 0 fully saturated rings. The zero-order valence-electron chi connectivity index (χ0n) is 18.8. The van der Waals surface area contributed by atoms with Gasteiger partial charge in [-0.2, -0.15) is 0 Å². The summed E-state index contributed by atoms with van der Waals surface area (Å²) in [6.07, 6.45) is 2.19. The van der Waals surface area contributed by atoms with Crippen LogP contribution in [0.4, 0.5) is 0 Å². The molecule has 33 heavy (non-hydrogen) atoms. The number of para-hydroxylation sites is 2. The van der Waals surface area contributed by atoms with Crippen LogP contribution in [0.1, 0.15) is 25.0 Å². The lowest BCUT2D eigenvalue weighted by Gasteiger charge is -2.17. The standard InChI is InChI=1S/C27H28O5S/c1-3-30-25-11-7-5-9-23(25)22(24-10-6-8-12-26(24)31-4-2)17-18-33-21-15-13-20(14-16-21)32-19-27(28)29/h5-17H,3-4,18-19H2,1-2H3,(H,28,29). The van der Waals surface area contributed by atoms with Crippen LogP contribution >= 0.6 is 11.8 Å². The predicted octanol–water partition coefficient (Wildman–Crippen LogP) is 6.17. The minimum atomic E-state index is -0.995. The summed E-state index contributed by atoms with van der Waals surface area (Å²) in [6.45, 7) is 4.78. The van der Waals surface area contributed by atoms with Gasteiger partial charge in [-0.3, -0.25) is 0 Å². The van der Waals surface area contributed by atoms with Crippen molar-refractivity contribution < 1.29 is 24.1 Å². The van der Waals surface area contributed by atoms with Crippen LogP contribution in [0, 0.1) is 0 Å². The van der Waals surface area contributed by atoms with Crippen molar-refractivity contribution in [2.24, 2.45) is 0 Å². The number of hydrogen-bond acceptors (Lipinski definition) is 5. The first-order valence-corrected chi connectivity index (χ1v) is 11.8. The van der Waals surface area contributed by atoms with Crippen molar-refractivity contribution in [2.75, 3.05) is 25.6 Å². The number of rotatable bonds is 12. The van der Waals surface area contributed by atoms with Crippen molar-refractivity contribution in [1.82, 2.24) is 0 Å². The molecule has 0 atom stereocenters. The molecule has 3 aromatic carbocycles. The van der Waals surface area contributed by atoms with Gasteiger partial charge in [-0.1, -0.05) is 42.5 Å². The largest absolute Gasteiger partial charge is 0.493 e. The average Bonchev–Trinajstić information content (AvgIpc) is 2.83. The molecule has 0 saturated heterocycles. The maximum atomic E-state index is 10.7. The highest BCUT2D eigenvalue weighted by atomic mass is 32.2. The second kappa shape index (κ2) is 12.6. The van der Waals surface area contributed by atoms with E-state index < -0.39 is 5.97 Å². The summed E-state index contributed by atoms with van der Waals surface area (Å²) in [5, 5.41) is 8.74. The lowest BCUT2D eigenvalue weighted by atomic mass is 9.96. The van der Waals surface area contributed by atoms with E-state index in [0.717, 1.165) is 38.8 Å². The number of aliphatic carboxylic acids is 1. The zero-order chi connectivity index (χ0) is 23.5. The average molecular weight is 465 g/mol. The highest BCUT2D eigenvalue weighted by molar-refractivity contribution is 7.99.